The van der Waals surface area contributed by atoms with Crippen LogP contribution in [0.3, 0.4) is 0 Å². The van der Waals surface area contributed by atoms with Gasteiger partial charge < -0.3 is 20.7 Å². The fraction of sp³-hybridized carbons (Fsp3) is 0.385. The van der Waals surface area contributed by atoms with E-state index in [9.17, 15) is 23.6 Å². The van der Waals surface area contributed by atoms with Crippen LogP contribution in [0, 0.1) is 5.82 Å². The summed E-state index contributed by atoms with van der Waals surface area (Å²) in [5.41, 5.74) is 2.04. The number of nitrogens with one attached hydrogen (secondary N) is 3. The summed E-state index contributed by atoms with van der Waals surface area (Å²) in [6.45, 7) is 3.12. The van der Waals surface area contributed by atoms with E-state index in [0.29, 0.717) is 29.0 Å². The van der Waals surface area contributed by atoms with E-state index in [1.807, 2.05) is 0 Å². The zero-order valence-electron chi connectivity index (χ0n) is 20.0. The van der Waals surface area contributed by atoms with Gasteiger partial charge in [0, 0.05) is 49.0 Å². The second-order valence-corrected chi connectivity index (χ2v) is 8.96. The predicted molar refractivity (Wildman–Crippen MR) is 132 cm³/mol. The van der Waals surface area contributed by atoms with Crippen molar-refractivity contribution in [1.29, 1.82) is 0 Å². The maximum atomic E-state index is 14.7. The Kier molecular flexibility index (Phi) is 7.94. The second-order valence-electron chi connectivity index (χ2n) is 8.96. The highest BCUT2D eigenvalue weighted by atomic mass is 19.1. The SMILES string of the molecule is CC(=O)Nc1ccc(C(=O)CCC(=O)NC[C@H]2CN(c3cccc(F)c3C3CCNC3)C(=O)O2)cc1. The molecule has 0 aromatic heterocycles. The Hall–Kier alpha value is -3.79. The van der Waals surface area contributed by atoms with Crippen LogP contribution in [0.2, 0.25) is 0 Å². The Balaban J connectivity index is 1.27. The fourth-order valence-electron chi connectivity index (χ4n) is 4.52. The summed E-state index contributed by atoms with van der Waals surface area (Å²) < 4.78 is 20.1. The minimum absolute atomic E-state index is 0.0145. The van der Waals surface area contributed by atoms with Crippen LogP contribution < -0.4 is 20.9 Å². The van der Waals surface area contributed by atoms with Gasteiger partial charge in [-0.05, 0) is 49.4 Å². The van der Waals surface area contributed by atoms with Crippen molar-refractivity contribution in [1.82, 2.24) is 10.6 Å². The largest absolute Gasteiger partial charge is 0.442 e. The molecule has 2 aromatic carbocycles. The van der Waals surface area contributed by atoms with Gasteiger partial charge in [-0.1, -0.05) is 6.07 Å². The molecule has 3 N–H and O–H groups in total. The molecule has 36 heavy (non-hydrogen) atoms. The van der Waals surface area contributed by atoms with Crippen molar-refractivity contribution in [2.45, 2.75) is 38.2 Å². The first-order valence-corrected chi connectivity index (χ1v) is 12.0. The van der Waals surface area contributed by atoms with Crippen molar-refractivity contribution in [2.75, 3.05) is 36.4 Å². The molecule has 0 aliphatic carbocycles. The first kappa shape index (κ1) is 25.3. The minimum atomic E-state index is -0.587. The summed E-state index contributed by atoms with van der Waals surface area (Å²) >= 11 is 0. The average molecular weight is 497 g/mol. The van der Waals surface area contributed by atoms with Crippen LogP contribution >= 0.6 is 0 Å². The van der Waals surface area contributed by atoms with E-state index in [2.05, 4.69) is 16.0 Å². The number of amides is 3. The van der Waals surface area contributed by atoms with Gasteiger partial charge in [0.25, 0.3) is 0 Å². The number of carbonyl (C=O) groups excluding carboxylic acids is 4. The number of hydrogen-bond acceptors (Lipinski definition) is 6. The highest BCUT2D eigenvalue weighted by molar-refractivity contribution is 5.98. The quantitative estimate of drug-likeness (QED) is 0.460. The van der Waals surface area contributed by atoms with Crippen molar-refractivity contribution in [2.24, 2.45) is 0 Å². The van der Waals surface area contributed by atoms with Crippen LogP contribution in [0.4, 0.5) is 20.6 Å². The third kappa shape index (κ3) is 6.06. The van der Waals surface area contributed by atoms with Crippen LogP contribution in [0.1, 0.15) is 48.0 Å². The van der Waals surface area contributed by atoms with Crippen LogP contribution in [0.5, 0.6) is 0 Å². The van der Waals surface area contributed by atoms with Gasteiger partial charge in [-0.2, -0.15) is 0 Å². The molecule has 2 fully saturated rings. The lowest BCUT2D eigenvalue weighted by Crippen LogP contribution is -2.35. The molecule has 0 radical (unpaired) electrons. The molecule has 0 spiro atoms. The Labute approximate surface area is 208 Å². The number of ether oxygens (including phenoxy) is 1. The van der Waals surface area contributed by atoms with Crippen LogP contribution in [0.15, 0.2) is 42.5 Å². The molecule has 2 atom stereocenters. The van der Waals surface area contributed by atoms with Crippen molar-refractivity contribution in [3.8, 4) is 0 Å². The molecular weight excluding hydrogens is 467 g/mol. The van der Waals surface area contributed by atoms with Crippen LogP contribution in [-0.4, -0.2) is 56.0 Å². The lowest BCUT2D eigenvalue weighted by atomic mass is 9.95. The van der Waals surface area contributed by atoms with E-state index < -0.39 is 12.2 Å². The summed E-state index contributed by atoms with van der Waals surface area (Å²) in [6.07, 6.45) is -0.376. The van der Waals surface area contributed by atoms with Gasteiger partial charge in [0.15, 0.2) is 5.78 Å². The summed E-state index contributed by atoms with van der Waals surface area (Å²) in [5, 5.41) is 8.56. The van der Waals surface area contributed by atoms with Gasteiger partial charge in [0.1, 0.15) is 11.9 Å². The second kappa shape index (κ2) is 11.3. The number of anilines is 2. The molecule has 2 aliphatic heterocycles. The monoisotopic (exact) mass is 496 g/mol. The maximum Gasteiger partial charge on any atom is 0.414 e. The zero-order chi connectivity index (χ0) is 25.7. The van der Waals surface area contributed by atoms with Gasteiger partial charge in [0.05, 0.1) is 18.8 Å². The fourth-order valence-corrected chi connectivity index (χ4v) is 4.52. The Morgan fingerprint density at radius 3 is 2.61 bits per heavy atom. The highest BCUT2D eigenvalue weighted by Crippen LogP contribution is 2.35. The number of ketones is 1. The average Bonchev–Trinajstić information content (AvgIpc) is 3.51. The first-order valence-electron chi connectivity index (χ1n) is 12.0. The number of nitrogens with zero attached hydrogens (tertiary/aromatic N) is 1. The van der Waals surface area contributed by atoms with Crippen molar-refractivity contribution < 1.29 is 28.3 Å². The van der Waals surface area contributed by atoms with Gasteiger partial charge >= 0.3 is 6.09 Å². The number of rotatable bonds is 9. The van der Waals surface area contributed by atoms with Gasteiger partial charge in [-0.3, -0.25) is 19.3 Å². The molecule has 190 valence electrons. The molecule has 4 rings (SSSR count). The molecule has 2 saturated heterocycles. The molecule has 2 heterocycles. The summed E-state index contributed by atoms with van der Waals surface area (Å²) in [5.74, 6) is -1.11. The molecular formula is C26H29FN4O5. The number of benzene rings is 2. The van der Waals surface area contributed by atoms with Gasteiger partial charge in [0.2, 0.25) is 11.8 Å². The number of carbonyl (C=O) groups is 4. The molecule has 2 aromatic rings. The van der Waals surface area contributed by atoms with Gasteiger partial charge in [-0.25, -0.2) is 9.18 Å². The lowest BCUT2D eigenvalue weighted by molar-refractivity contribution is -0.121. The van der Waals surface area contributed by atoms with Crippen LogP contribution in [-0.2, 0) is 14.3 Å². The lowest BCUT2D eigenvalue weighted by Gasteiger charge is -2.21. The zero-order valence-corrected chi connectivity index (χ0v) is 20.0. The third-order valence-electron chi connectivity index (χ3n) is 6.30. The molecule has 0 bridgehead atoms. The number of cyclic esters (lactones) is 1. The smallest absolute Gasteiger partial charge is 0.414 e. The molecule has 9 nitrogen and oxygen atoms in total. The van der Waals surface area contributed by atoms with Crippen molar-refractivity contribution >= 4 is 35.1 Å². The van der Waals surface area contributed by atoms with Crippen molar-refractivity contribution in [3.05, 3.63) is 59.4 Å². The summed E-state index contributed by atoms with van der Waals surface area (Å²) in [7, 11) is 0. The third-order valence-corrected chi connectivity index (χ3v) is 6.30. The summed E-state index contributed by atoms with van der Waals surface area (Å²) in [4.78, 5) is 49.7. The molecule has 3 amide bonds. The predicted octanol–water partition coefficient (Wildman–Crippen LogP) is 2.97. The van der Waals surface area contributed by atoms with Crippen molar-refractivity contribution in [3.63, 3.8) is 0 Å². The van der Waals surface area contributed by atoms with E-state index in [1.165, 1.54) is 17.9 Å². The van der Waals surface area contributed by atoms with Crippen LogP contribution in [0.25, 0.3) is 0 Å². The summed E-state index contributed by atoms with van der Waals surface area (Å²) in [6, 6.07) is 11.1. The van der Waals surface area contributed by atoms with E-state index in [4.69, 9.17) is 4.74 Å². The highest BCUT2D eigenvalue weighted by Gasteiger charge is 2.36. The van der Waals surface area contributed by atoms with E-state index in [0.717, 1.165) is 13.0 Å². The number of Topliss-reactive ketones (excluding diaryl/α,β-unsaturated/α-hetero) is 1. The van der Waals surface area contributed by atoms with Gasteiger partial charge in [-0.15, -0.1) is 0 Å². The Morgan fingerprint density at radius 2 is 1.92 bits per heavy atom. The van der Waals surface area contributed by atoms with E-state index >= 15 is 0 Å². The normalized spacial score (nSPS) is 19.2. The maximum absolute atomic E-state index is 14.7. The molecule has 0 saturated carbocycles. The van der Waals surface area contributed by atoms with E-state index in [1.54, 1.807) is 36.4 Å². The first-order chi connectivity index (χ1) is 17.3. The topological polar surface area (TPSA) is 117 Å². The number of halogens is 1. The Bertz CT molecular complexity index is 1150. The van der Waals surface area contributed by atoms with E-state index in [-0.39, 0.29) is 55.3 Å². The number of hydrogen-bond donors (Lipinski definition) is 3. The minimum Gasteiger partial charge on any atom is -0.442 e. The molecule has 1 unspecified atom stereocenters. The molecule has 10 heteroatoms. The molecule has 2 aliphatic rings. The standard InChI is InChI=1S/C26H29FN4O5/c1-16(32)30-19-7-5-17(6-8-19)23(33)9-10-24(34)29-14-20-15-31(26(35)36-20)22-4-2-3-21(27)25(22)18-11-12-28-13-18/h2-8,18,20,28H,9-15H2,1H3,(H,29,34)(H,30,32)/t18?,20-/m0/s1. The Morgan fingerprint density at radius 1 is 1.14 bits per heavy atom.